The van der Waals surface area contributed by atoms with Crippen LogP contribution in [-0.4, -0.2) is 40.3 Å². The van der Waals surface area contributed by atoms with Gasteiger partial charge in [-0.2, -0.15) is 0 Å². The standard InChI is InChI=1S/C26H31N5O/c1-5-20-24(19-14-27-22(31(3)4)12-15(19)2)29-23(16-10-11-16)26(28-20)30-25-18-9-7-6-8-17(18)13-21(25)32/h6-9,12,14,16,21,25,32H,5,10-11,13H2,1-4H3,(H,28,30). The summed E-state index contributed by atoms with van der Waals surface area (Å²) in [6.45, 7) is 4.23. The molecule has 2 aromatic heterocycles. The Labute approximate surface area is 189 Å². The smallest absolute Gasteiger partial charge is 0.148 e. The van der Waals surface area contributed by atoms with Gasteiger partial charge in [0, 0.05) is 38.2 Å². The van der Waals surface area contributed by atoms with Gasteiger partial charge >= 0.3 is 0 Å². The predicted octanol–water partition coefficient (Wildman–Crippen LogP) is 4.42. The van der Waals surface area contributed by atoms with Crippen LogP contribution < -0.4 is 10.2 Å². The van der Waals surface area contributed by atoms with E-state index in [9.17, 15) is 5.11 Å². The molecule has 0 saturated heterocycles. The van der Waals surface area contributed by atoms with Crippen LogP contribution in [0.3, 0.4) is 0 Å². The molecule has 1 saturated carbocycles. The normalized spacial score (nSPS) is 19.7. The molecule has 32 heavy (non-hydrogen) atoms. The van der Waals surface area contributed by atoms with E-state index in [0.29, 0.717) is 12.3 Å². The minimum absolute atomic E-state index is 0.156. The lowest BCUT2D eigenvalue weighted by molar-refractivity contribution is 0.165. The number of anilines is 2. The van der Waals surface area contributed by atoms with Crippen molar-refractivity contribution in [3.63, 3.8) is 0 Å². The maximum Gasteiger partial charge on any atom is 0.148 e. The van der Waals surface area contributed by atoms with E-state index in [1.165, 1.54) is 5.56 Å². The summed E-state index contributed by atoms with van der Waals surface area (Å²) < 4.78 is 0. The van der Waals surface area contributed by atoms with E-state index in [1.807, 2.05) is 37.3 Å². The van der Waals surface area contributed by atoms with Crippen LogP contribution in [0.4, 0.5) is 11.6 Å². The van der Waals surface area contributed by atoms with Gasteiger partial charge in [-0.05, 0) is 48.9 Å². The number of hydrogen-bond acceptors (Lipinski definition) is 6. The molecule has 6 heteroatoms. The molecule has 0 amide bonds. The summed E-state index contributed by atoms with van der Waals surface area (Å²) in [4.78, 5) is 16.9. The summed E-state index contributed by atoms with van der Waals surface area (Å²) in [5.41, 5.74) is 7.46. The highest BCUT2D eigenvalue weighted by molar-refractivity contribution is 5.68. The van der Waals surface area contributed by atoms with Gasteiger partial charge in [0.25, 0.3) is 0 Å². The summed E-state index contributed by atoms with van der Waals surface area (Å²) in [7, 11) is 4.00. The molecule has 2 heterocycles. The Kier molecular flexibility index (Phi) is 5.33. The second-order valence-corrected chi connectivity index (χ2v) is 9.22. The lowest BCUT2D eigenvalue weighted by Gasteiger charge is -2.22. The van der Waals surface area contributed by atoms with E-state index in [4.69, 9.17) is 9.97 Å². The van der Waals surface area contributed by atoms with E-state index < -0.39 is 6.10 Å². The molecule has 2 aliphatic rings. The highest BCUT2D eigenvalue weighted by atomic mass is 16.3. The van der Waals surface area contributed by atoms with E-state index >= 15 is 0 Å². The van der Waals surface area contributed by atoms with Crippen LogP contribution in [0, 0.1) is 6.92 Å². The molecular formula is C26H31N5O. The van der Waals surface area contributed by atoms with Crippen molar-refractivity contribution in [2.45, 2.75) is 57.6 Å². The molecule has 166 valence electrons. The second kappa shape index (κ2) is 8.17. The number of benzene rings is 1. The van der Waals surface area contributed by atoms with Gasteiger partial charge in [-0.25, -0.2) is 15.0 Å². The van der Waals surface area contributed by atoms with Crippen molar-refractivity contribution in [1.82, 2.24) is 15.0 Å². The molecule has 2 atom stereocenters. The third kappa shape index (κ3) is 3.73. The van der Waals surface area contributed by atoms with Crippen LogP contribution in [0.15, 0.2) is 36.5 Å². The fraction of sp³-hybridized carbons (Fsp3) is 0.423. The summed E-state index contributed by atoms with van der Waals surface area (Å²) in [5.74, 6) is 2.19. The maximum absolute atomic E-state index is 10.8. The molecule has 0 bridgehead atoms. The summed E-state index contributed by atoms with van der Waals surface area (Å²) >= 11 is 0. The van der Waals surface area contributed by atoms with Crippen molar-refractivity contribution >= 4 is 11.6 Å². The fourth-order valence-electron chi connectivity index (χ4n) is 4.62. The quantitative estimate of drug-likeness (QED) is 0.604. The van der Waals surface area contributed by atoms with Gasteiger partial charge in [0.1, 0.15) is 11.6 Å². The van der Waals surface area contributed by atoms with E-state index in [0.717, 1.165) is 64.7 Å². The van der Waals surface area contributed by atoms with E-state index in [1.54, 1.807) is 0 Å². The Balaban J connectivity index is 1.56. The number of nitrogens with zero attached hydrogens (tertiary/aromatic N) is 4. The fourth-order valence-corrected chi connectivity index (χ4v) is 4.62. The van der Waals surface area contributed by atoms with Gasteiger partial charge in [0.2, 0.25) is 0 Å². The number of fused-ring (bicyclic) bond motifs is 1. The van der Waals surface area contributed by atoms with Crippen molar-refractivity contribution in [3.05, 3.63) is 64.6 Å². The zero-order valence-electron chi connectivity index (χ0n) is 19.3. The summed E-state index contributed by atoms with van der Waals surface area (Å²) in [6, 6.07) is 10.2. The molecule has 2 unspecified atom stereocenters. The highest BCUT2D eigenvalue weighted by Gasteiger charge is 2.35. The molecule has 0 radical (unpaired) electrons. The number of aliphatic hydroxyl groups excluding tert-OH is 1. The Hall–Kier alpha value is -2.99. The molecule has 2 N–H and O–H groups in total. The van der Waals surface area contributed by atoms with Gasteiger partial charge in [-0.3, -0.25) is 0 Å². The molecule has 0 spiro atoms. The van der Waals surface area contributed by atoms with Crippen molar-refractivity contribution in [2.24, 2.45) is 0 Å². The lowest BCUT2D eigenvalue weighted by atomic mass is 10.0. The number of aryl methyl sites for hydroxylation is 2. The van der Waals surface area contributed by atoms with Crippen LogP contribution in [0.1, 0.15) is 59.8 Å². The number of hydrogen-bond donors (Lipinski definition) is 2. The monoisotopic (exact) mass is 429 g/mol. The molecule has 1 fully saturated rings. The first kappa shape index (κ1) is 20.9. The van der Waals surface area contributed by atoms with Crippen LogP contribution in [0.25, 0.3) is 11.3 Å². The number of rotatable bonds is 6. The number of pyridine rings is 1. The molecule has 0 aliphatic heterocycles. The minimum Gasteiger partial charge on any atom is -0.390 e. The van der Waals surface area contributed by atoms with Crippen molar-refractivity contribution in [3.8, 4) is 11.3 Å². The van der Waals surface area contributed by atoms with Crippen LogP contribution in [0.5, 0.6) is 0 Å². The van der Waals surface area contributed by atoms with Crippen LogP contribution >= 0.6 is 0 Å². The second-order valence-electron chi connectivity index (χ2n) is 9.22. The van der Waals surface area contributed by atoms with E-state index in [-0.39, 0.29) is 6.04 Å². The first-order chi connectivity index (χ1) is 15.5. The zero-order chi connectivity index (χ0) is 22.4. The summed E-state index contributed by atoms with van der Waals surface area (Å²) in [6.07, 6.45) is 5.18. The SMILES string of the molecule is CCc1nc(NC2c3ccccc3CC2O)c(C2CC2)nc1-c1cnc(N(C)C)cc1C. The van der Waals surface area contributed by atoms with Crippen molar-refractivity contribution in [2.75, 3.05) is 24.3 Å². The molecule has 6 nitrogen and oxygen atoms in total. The van der Waals surface area contributed by atoms with Gasteiger partial charge in [-0.15, -0.1) is 0 Å². The first-order valence-corrected chi connectivity index (χ1v) is 11.5. The highest BCUT2D eigenvalue weighted by Crippen LogP contribution is 2.45. The Morgan fingerprint density at radius 1 is 1.16 bits per heavy atom. The average molecular weight is 430 g/mol. The number of nitrogens with one attached hydrogen (secondary N) is 1. The zero-order valence-corrected chi connectivity index (χ0v) is 19.3. The third-order valence-corrected chi connectivity index (χ3v) is 6.60. The van der Waals surface area contributed by atoms with Crippen molar-refractivity contribution < 1.29 is 5.11 Å². The van der Waals surface area contributed by atoms with Gasteiger partial charge in [-0.1, -0.05) is 31.2 Å². The maximum atomic E-state index is 10.8. The number of aromatic nitrogens is 3. The topological polar surface area (TPSA) is 74.2 Å². The molecule has 3 aromatic rings. The molecule has 1 aromatic carbocycles. The lowest BCUT2D eigenvalue weighted by Crippen LogP contribution is -2.23. The van der Waals surface area contributed by atoms with Crippen LogP contribution in [-0.2, 0) is 12.8 Å². The van der Waals surface area contributed by atoms with Gasteiger partial charge in [0.15, 0.2) is 0 Å². The summed E-state index contributed by atoms with van der Waals surface area (Å²) in [5, 5.41) is 14.3. The van der Waals surface area contributed by atoms with E-state index in [2.05, 4.69) is 42.3 Å². The Morgan fingerprint density at radius 3 is 2.62 bits per heavy atom. The Morgan fingerprint density at radius 2 is 1.94 bits per heavy atom. The largest absolute Gasteiger partial charge is 0.390 e. The average Bonchev–Trinajstić information content (AvgIpc) is 3.58. The van der Waals surface area contributed by atoms with Gasteiger partial charge in [0.05, 0.1) is 29.2 Å². The third-order valence-electron chi connectivity index (χ3n) is 6.60. The molecular weight excluding hydrogens is 398 g/mol. The number of aliphatic hydroxyl groups is 1. The first-order valence-electron chi connectivity index (χ1n) is 11.5. The van der Waals surface area contributed by atoms with Gasteiger partial charge < -0.3 is 15.3 Å². The van der Waals surface area contributed by atoms with Crippen molar-refractivity contribution in [1.29, 1.82) is 0 Å². The minimum atomic E-state index is -0.462. The molecule has 2 aliphatic carbocycles. The predicted molar refractivity (Wildman–Crippen MR) is 128 cm³/mol. The molecule has 5 rings (SSSR count). The Bertz CT molecular complexity index is 1150. The van der Waals surface area contributed by atoms with Crippen LogP contribution in [0.2, 0.25) is 0 Å².